The van der Waals surface area contributed by atoms with Crippen LogP contribution in [0.15, 0.2) is 48.0 Å². The average Bonchev–Trinajstić information content (AvgIpc) is 3.23. The number of thiazole rings is 1. The molecule has 1 fully saturated rings. The summed E-state index contributed by atoms with van der Waals surface area (Å²) in [6.07, 6.45) is 4.99. The second-order valence-corrected chi connectivity index (χ2v) is 8.21. The normalized spacial score (nSPS) is 16.8. The van der Waals surface area contributed by atoms with E-state index in [1.165, 1.54) is 0 Å². The molecule has 0 amide bonds. The van der Waals surface area contributed by atoms with Crippen molar-refractivity contribution < 1.29 is 10.0 Å². The number of nitrogens with zero attached hydrogens (tertiary/aromatic N) is 4. The maximum atomic E-state index is 9.44. The third-order valence-electron chi connectivity index (χ3n) is 5.24. The van der Waals surface area contributed by atoms with Gasteiger partial charge in [0, 0.05) is 11.9 Å². The number of nitrogens with one attached hydrogen (secondary N) is 1. The third kappa shape index (κ3) is 4.86. The first-order valence-electron chi connectivity index (χ1n) is 9.90. The Labute approximate surface area is 179 Å². The van der Waals surface area contributed by atoms with Gasteiger partial charge in [0.15, 0.2) is 5.13 Å². The van der Waals surface area contributed by atoms with Gasteiger partial charge in [-0.3, -0.25) is 4.90 Å². The molecule has 3 N–H and O–H groups in total. The number of benzene rings is 1. The van der Waals surface area contributed by atoms with Crippen LogP contribution in [0.1, 0.15) is 42.3 Å². The number of rotatable bonds is 6. The molecule has 1 saturated heterocycles. The van der Waals surface area contributed by atoms with Crippen LogP contribution in [0, 0.1) is 11.3 Å². The van der Waals surface area contributed by atoms with E-state index in [4.69, 9.17) is 10.2 Å². The lowest BCUT2D eigenvalue weighted by Gasteiger charge is -2.34. The van der Waals surface area contributed by atoms with Crippen LogP contribution >= 0.6 is 11.3 Å². The van der Waals surface area contributed by atoms with E-state index in [1.807, 2.05) is 30.3 Å². The second-order valence-electron chi connectivity index (χ2n) is 7.35. The maximum absolute atomic E-state index is 9.44. The van der Waals surface area contributed by atoms with E-state index in [9.17, 15) is 10.0 Å². The molecule has 1 aromatic carbocycles. The summed E-state index contributed by atoms with van der Waals surface area (Å²) < 4.78 is 0. The molecule has 2 aromatic heterocycles. The van der Waals surface area contributed by atoms with Crippen molar-refractivity contribution in [1.82, 2.24) is 14.9 Å². The number of aromatic nitrogens is 2. The minimum atomic E-state index is -1.45. The number of hydrogen-bond acceptors (Lipinski definition) is 8. The largest absolute Gasteiger partial charge is 0.488 e. The van der Waals surface area contributed by atoms with Crippen molar-refractivity contribution in [2.24, 2.45) is 0 Å². The second kappa shape index (κ2) is 9.37. The fourth-order valence-corrected chi connectivity index (χ4v) is 4.53. The molecule has 0 bridgehead atoms. The van der Waals surface area contributed by atoms with E-state index in [0.717, 1.165) is 54.4 Å². The molecule has 9 heteroatoms. The highest BCUT2D eigenvalue weighted by Gasteiger charge is 2.26. The van der Waals surface area contributed by atoms with Crippen LogP contribution in [0.3, 0.4) is 0 Å². The van der Waals surface area contributed by atoms with E-state index in [-0.39, 0.29) is 6.04 Å². The van der Waals surface area contributed by atoms with Crippen molar-refractivity contribution in [2.45, 2.75) is 31.8 Å². The molecular weight excluding hydrogens is 397 g/mol. The zero-order valence-corrected chi connectivity index (χ0v) is 17.2. The van der Waals surface area contributed by atoms with Gasteiger partial charge in [-0.2, -0.15) is 5.26 Å². The van der Waals surface area contributed by atoms with Crippen LogP contribution in [-0.2, 0) is 6.54 Å². The molecule has 1 aliphatic rings. The van der Waals surface area contributed by atoms with Crippen molar-refractivity contribution in [3.05, 3.63) is 64.9 Å². The smallest absolute Gasteiger partial charge is 0.423 e. The molecule has 1 aliphatic heterocycles. The van der Waals surface area contributed by atoms with Crippen LogP contribution in [0.2, 0.25) is 0 Å². The first-order valence-corrected chi connectivity index (χ1v) is 10.8. The molecule has 30 heavy (non-hydrogen) atoms. The molecule has 0 unspecified atom stereocenters. The number of likely N-dealkylation sites (tertiary alicyclic amines) is 1. The molecular formula is C21H22BN5O2S. The first kappa shape index (κ1) is 20.5. The van der Waals surface area contributed by atoms with Crippen LogP contribution in [0.5, 0.6) is 0 Å². The summed E-state index contributed by atoms with van der Waals surface area (Å²) in [5.41, 5.74) is 3.80. The van der Waals surface area contributed by atoms with Gasteiger partial charge in [0.1, 0.15) is 11.8 Å². The molecule has 4 rings (SSSR count). The van der Waals surface area contributed by atoms with Gasteiger partial charge in [0.25, 0.3) is 0 Å². The zero-order chi connectivity index (χ0) is 20.9. The summed E-state index contributed by atoms with van der Waals surface area (Å²) in [5, 5.41) is 33.9. The van der Waals surface area contributed by atoms with Crippen LogP contribution in [-0.4, -0.2) is 38.6 Å². The van der Waals surface area contributed by atoms with Crippen molar-refractivity contribution in [3.63, 3.8) is 0 Å². The Morgan fingerprint density at radius 3 is 2.93 bits per heavy atom. The number of anilines is 2. The van der Waals surface area contributed by atoms with Gasteiger partial charge in [-0.15, -0.1) is 11.3 Å². The van der Waals surface area contributed by atoms with Crippen molar-refractivity contribution in [2.75, 3.05) is 11.9 Å². The number of pyridine rings is 1. The number of nitriles is 1. The SMILES string of the molecule is N#Cc1ccc(Nc2nc([C@H]3CCCCN3Cc3cccc(B(O)O)c3)cs2)cn1. The highest BCUT2D eigenvalue weighted by molar-refractivity contribution is 7.13. The van der Waals surface area contributed by atoms with E-state index >= 15 is 0 Å². The van der Waals surface area contributed by atoms with Gasteiger partial charge in [-0.1, -0.05) is 30.7 Å². The minimum absolute atomic E-state index is 0.229. The first-order chi connectivity index (χ1) is 14.6. The summed E-state index contributed by atoms with van der Waals surface area (Å²) in [4.78, 5) is 11.3. The van der Waals surface area contributed by atoms with Crippen LogP contribution < -0.4 is 10.8 Å². The van der Waals surface area contributed by atoms with Gasteiger partial charge in [-0.25, -0.2) is 9.97 Å². The summed E-state index contributed by atoms with van der Waals surface area (Å²) in [7, 11) is -1.45. The Bertz CT molecular complexity index is 1030. The van der Waals surface area contributed by atoms with E-state index in [1.54, 1.807) is 29.7 Å². The predicted octanol–water partition coefficient (Wildman–Crippen LogP) is 2.56. The summed E-state index contributed by atoms with van der Waals surface area (Å²) in [5.74, 6) is 0. The number of hydrogen-bond donors (Lipinski definition) is 3. The molecule has 0 radical (unpaired) electrons. The Balaban J connectivity index is 1.47. The fourth-order valence-electron chi connectivity index (χ4n) is 3.76. The summed E-state index contributed by atoms with van der Waals surface area (Å²) in [6.45, 7) is 1.72. The molecule has 7 nitrogen and oxygen atoms in total. The number of piperidine rings is 1. The standard InChI is InChI=1S/C21H22BN5O2S/c23-11-17-7-8-18(12-24-17)25-21-26-19(14-30-21)20-6-1-2-9-27(20)13-15-4-3-5-16(10-15)22(28)29/h3-5,7-8,10,12,14,20,28-29H,1-2,6,9,13H2,(H,25,26)/t20-/m1/s1. The molecule has 152 valence electrons. The van der Waals surface area contributed by atoms with Gasteiger partial charge >= 0.3 is 7.12 Å². The van der Waals surface area contributed by atoms with Crippen molar-refractivity contribution in [1.29, 1.82) is 5.26 Å². The topological polar surface area (TPSA) is 105 Å². The summed E-state index contributed by atoms with van der Waals surface area (Å²) in [6, 6.07) is 13.2. The lowest BCUT2D eigenvalue weighted by molar-refractivity contribution is 0.138. The highest BCUT2D eigenvalue weighted by Crippen LogP contribution is 2.34. The van der Waals surface area contributed by atoms with Crippen molar-refractivity contribution >= 4 is 34.7 Å². The van der Waals surface area contributed by atoms with Crippen LogP contribution in [0.25, 0.3) is 0 Å². The van der Waals surface area contributed by atoms with Crippen molar-refractivity contribution in [3.8, 4) is 6.07 Å². The molecule has 0 saturated carbocycles. The Hall–Kier alpha value is -2.77. The molecule has 0 spiro atoms. The van der Waals surface area contributed by atoms with E-state index in [0.29, 0.717) is 11.2 Å². The minimum Gasteiger partial charge on any atom is -0.423 e. The molecule has 1 atom stereocenters. The monoisotopic (exact) mass is 419 g/mol. The van der Waals surface area contributed by atoms with Crippen LogP contribution in [0.4, 0.5) is 10.8 Å². The lowest BCUT2D eigenvalue weighted by atomic mass is 9.79. The Kier molecular flexibility index (Phi) is 6.40. The van der Waals surface area contributed by atoms with E-state index < -0.39 is 7.12 Å². The Morgan fingerprint density at radius 2 is 2.17 bits per heavy atom. The van der Waals surface area contributed by atoms with E-state index in [2.05, 4.69) is 20.6 Å². The molecule has 3 heterocycles. The molecule has 0 aliphatic carbocycles. The fraction of sp³-hybridized carbons (Fsp3) is 0.286. The third-order valence-corrected chi connectivity index (χ3v) is 6.02. The summed E-state index contributed by atoms with van der Waals surface area (Å²) >= 11 is 1.55. The van der Waals surface area contributed by atoms with Gasteiger partial charge in [-0.05, 0) is 42.5 Å². The zero-order valence-electron chi connectivity index (χ0n) is 16.4. The lowest BCUT2D eigenvalue weighted by Crippen LogP contribution is -2.34. The van der Waals surface area contributed by atoms with Gasteiger partial charge < -0.3 is 15.4 Å². The van der Waals surface area contributed by atoms with Gasteiger partial charge in [0.2, 0.25) is 0 Å². The van der Waals surface area contributed by atoms with Gasteiger partial charge in [0.05, 0.1) is 23.6 Å². The average molecular weight is 419 g/mol. The Morgan fingerprint density at radius 1 is 1.27 bits per heavy atom. The highest BCUT2D eigenvalue weighted by atomic mass is 32.1. The quantitative estimate of drug-likeness (QED) is 0.528. The predicted molar refractivity (Wildman–Crippen MR) is 118 cm³/mol. The molecule has 3 aromatic rings. The maximum Gasteiger partial charge on any atom is 0.488 e.